The molecule has 0 saturated heterocycles. The normalized spacial score (nSPS) is 13.4. The zero-order valence-corrected chi connectivity index (χ0v) is 42.6. The number of aliphatic hydroxyl groups is 1. The molecule has 0 fully saturated rings. The highest BCUT2D eigenvalue weighted by molar-refractivity contribution is 5.93. The molecule has 1 unspecified atom stereocenters. The third kappa shape index (κ3) is 14.6. The summed E-state index contributed by atoms with van der Waals surface area (Å²) in [5.41, 5.74) is 3.17. The number of unbranched alkanes of at least 4 members (excludes halogenated alkanes) is 10. The van der Waals surface area contributed by atoms with Crippen molar-refractivity contribution in [3.05, 3.63) is 87.0 Å². The summed E-state index contributed by atoms with van der Waals surface area (Å²) in [5, 5.41) is 25.0. The molecule has 0 amide bonds. The highest BCUT2D eigenvalue weighted by Gasteiger charge is 2.43. The Labute approximate surface area is 383 Å². The molecule has 0 radical (unpaired) electrons. The first-order valence-electron chi connectivity index (χ1n) is 24.1. The van der Waals surface area contributed by atoms with E-state index in [1.807, 2.05) is 6.92 Å². The molecule has 0 aromatic heterocycles. The number of nitrogens with zero attached hydrogens (tertiary/aromatic N) is 1. The second-order valence-electron chi connectivity index (χ2n) is 22.0. The molecule has 0 aliphatic heterocycles. The highest BCUT2D eigenvalue weighted by Crippen LogP contribution is 2.49. The van der Waals surface area contributed by atoms with Gasteiger partial charge in [0.2, 0.25) is 0 Å². The molecule has 7 nitrogen and oxygen atoms in total. The van der Waals surface area contributed by atoms with Gasteiger partial charge in [0.15, 0.2) is 0 Å². The summed E-state index contributed by atoms with van der Waals surface area (Å²) >= 11 is 0. The summed E-state index contributed by atoms with van der Waals surface area (Å²) in [6.45, 7) is 34.2. The van der Waals surface area contributed by atoms with E-state index < -0.39 is 17.6 Å². The van der Waals surface area contributed by atoms with Crippen molar-refractivity contribution in [3.63, 3.8) is 0 Å². The first-order valence-corrected chi connectivity index (χ1v) is 24.1. The average Bonchev–Trinajstić information content (AvgIpc) is 3.20. The fraction of sp³-hybridized carbons (Fsp3) is 0.643. The standard InChI is InChI=1S/C56H87NO6/c1-17-19-21-23-25-27-31-62-49-44(52(4,5)6)34-42(35-45(49)53(7,8)9)56(60,39(3)57-38-41-33-40(51(59)61-16)29-30-48(41)58)43-36-46(54(10,11)12)50(47(37-43)55(13,14)15)63-32-28-26-24-22-20-18-2/h29-30,33-39,58,60H,17-28,31-32H2,1-16H3. The second kappa shape index (κ2) is 22.9. The molecule has 0 heterocycles. The molecular weight excluding hydrogens is 783 g/mol. The first-order chi connectivity index (χ1) is 29.3. The van der Waals surface area contributed by atoms with Gasteiger partial charge < -0.3 is 24.4 Å². The van der Waals surface area contributed by atoms with Gasteiger partial charge in [-0.25, -0.2) is 4.79 Å². The molecule has 0 aliphatic rings. The minimum absolute atomic E-state index is 0.0315. The molecule has 0 spiro atoms. The van der Waals surface area contributed by atoms with Crippen LogP contribution in [0.5, 0.6) is 17.2 Å². The molecule has 0 bridgehead atoms. The molecule has 0 saturated carbocycles. The van der Waals surface area contributed by atoms with E-state index in [1.165, 1.54) is 70.6 Å². The van der Waals surface area contributed by atoms with Gasteiger partial charge in [0.1, 0.15) is 22.8 Å². The number of ether oxygens (including phenoxy) is 3. The van der Waals surface area contributed by atoms with Gasteiger partial charge in [0.05, 0.1) is 31.9 Å². The van der Waals surface area contributed by atoms with E-state index in [-0.39, 0.29) is 27.4 Å². The van der Waals surface area contributed by atoms with Crippen molar-refractivity contribution in [2.45, 2.75) is 214 Å². The van der Waals surface area contributed by atoms with Gasteiger partial charge in [0, 0.05) is 34.0 Å². The van der Waals surface area contributed by atoms with E-state index in [0.29, 0.717) is 35.5 Å². The maximum Gasteiger partial charge on any atom is 0.337 e. The van der Waals surface area contributed by atoms with E-state index in [2.05, 4.69) is 121 Å². The number of esters is 1. The van der Waals surface area contributed by atoms with Crippen molar-refractivity contribution in [1.82, 2.24) is 0 Å². The van der Waals surface area contributed by atoms with Crippen LogP contribution in [0.15, 0.2) is 47.5 Å². The topological polar surface area (TPSA) is 97.6 Å². The fourth-order valence-electron chi connectivity index (χ4n) is 8.20. The van der Waals surface area contributed by atoms with Crippen LogP contribution in [0.25, 0.3) is 0 Å². The third-order valence-corrected chi connectivity index (χ3v) is 12.3. The number of phenolic OH excluding ortho intramolecular Hbond substituents is 1. The monoisotopic (exact) mass is 870 g/mol. The maximum absolute atomic E-state index is 14.0. The Morgan fingerprint density at radius 2 is 0.968 bits per heavy atom. The number of aromatic hydroxyl groups is 1. The number of phenols is 1. The maximum atomic E-state index is 14.0. The molecule has 352 valence electrons. The Bertz CT molecular complexity index is 1780. The Balaban J connectivity index is 2.42. The number of hydrogen-bond donors (Lipinski definition) is 2. The summed E-state index contributed by atoms with van der Waals surface area (Å²) in [6.07, 6.45) is 15.7. The molecule has 3 rings (SSSR count). The SMILES string of the molecule is CCCCCCCCOc1c(C(C)(C)C)cc(C(O)(c2cc(C(C)(C)C)c(OCCCCCCCC)c(C(C)(C)C)c2)C(C)N=Cc2cc(C(=O)OC)ccc2O)cc1C(C)(C)C. The van der Waals surface area contributed by atoms with Gasteiger partial charge in [-0.05, 0) is 95.0 Å². The minimum atomic E-state index is -1.68. The van der Waals surface area contributed by atoms with E-state index in [4.69, 9.17) is 19.2 Å². The smallest absolute Gasteiger partial charge is 0.337 e. The number of rotatable bonds is 22. The Hall–Kier alpha value is -3.84. The molecule has 7 heteroatoms. The van der Waals surface area contributed by atoms with E-state index >= 15 is 0 Å². The molecule has 3 aromatic rings. The van der Waals surface area contributed by atoms with Crippen molar-refractivity contribution < 1.29 is 29.2 Å². The van der Waals surface area contributed by atoms with E-state index in [9.17, 15) is 15.0 Å². The van der Waals surface area contributed by atoms with Gasteiger partial charge in [-0.1, -0.05) is 161 Å². The van der Waals surface area contributed by atoms with Crippen molar-refractivity contribution in [1.29, 1.82) is 0 Å². The number of methoxy groups -OCH3 is 1. The predicted octanol–water partition coefficient (Wildman–Crippen LogP) is 14.6. The lowest BCUT2D eigenvalue weighted by Gasteiger charge is -2.39. The summed E-state index contributed by atoms with van der Waals surface area (Å²) in [5.74, 6) is 1.23. The summed E-state index contributed by atoms with van der Waals surface area (Å²) in [4.78, 5) is 17.6. The van der Waals surface area contributed by atoms with Gasteiger partial charge >= 0.3 is 5.97 Å². The molecule has 1 atom stereocenters. The van der Waals surface area contributed by atoms with Crippen molar-refractivity contribution in [3.8, 4) is 17.2 Å². The van der Waals surface area contributed by atoms with Gasteiger partial charge in [-0.3, -0.25) is 4.99 Å². The molecular formula is C56H87NO6. The first kappa shape index (κ1) is 53.5. The van der Waals surface area contributed by atoms with E-state index in [1.54, 1.807) is 12.3 Å². The van der Waals surface area contributed by atoms with Gasteiger partial charge in [-0.15, -0.1) is 0 Å². The number of carbonyl (C=O) groups excluding carboxylic acids is 1. The van der Waals surface area contributed by atoms with Crippen LogP contribution in [0.1, 0.15) is 230 Å². The van der Waals surface area contributed by atoms with Crippen molar-refractivity contribution in [2.24, 2.45) is 4.99 Å². The lowest BCUT2D eigenvalue weighted by Crippen LogP contribution is -2.40. The van der Waals surface area contributed by atoms with Crippen LogP contribution in [0.3, 0.4) is 0 Å². The van der Waals surface area contributed by atoms with Crippen LogP contribution in [-0.2, 0) is 32.0 Å². The predicted molar refractivity (Wildman–Crippen MR) is 265 cm³/mol. The Kier molecular flexibility index (Phi) is 19.4. The van der Waals surface area contributed by atoms with Crippen LogP contribution in [0.4, 0.5) is 0 Å². The van der Waals surface area contributed by atoms with Crippen molar-refractivity contribution in [2.75, 3.05) is 20.3 Å². The van der Waals surface area contributed by atoms with Crippen LogP contribution in [-0.4, -0.2) is 48.8 Å². The van der Waals surface area contributed by atoms with Crippen molar-refractivity contribution >= 4 is 12.2 Å². The average molecular weight is 870 g/mol. The minimum Gasteiger partial charge on any atom is -0.507 e. The van der Waals surface area contributed by atoms with Gasteiger partial charge in [-0.2, -0.15) is 0 Å². The quantitative estimate of drug-likeness (QED) is 0.0593. The summed E-state index contributed by atoms with van der Waals surface area (Å²) < 4.78 is 18.7. The zero-order valence-electron chi connectivity index (χ0n) is 42.6. The molecule has 2 N–H and O–H groups in total. The van der Waals surface area contributed by atoms with Gasteiger partial charge in [0.25, 0.3) is 0 Å². The number of hydrogen-bond acceptors (Lipinski definition) is 7. The Morgan fingerprint density at radius 1 is 0.603 bits per heavy atom. The fourth-order valence-corrected chi connectivity index (χ4v) is 8.20. The summed E-state index contributed by atoms with van der Waals surface area (Å²) in [7, 11) is 1.33. The highest BCUT2D eigenvalue weighted by atomic mass is 16.5. The lowest BCUT2D eigenvalue weighted by atomic mass is 9.71. The molecule has 0 aliphatic carbocycles. The number of aliphatic imine (C=N–C) groups is 1. The number of carbonyl (C=O) groups is 1. The van der Waals surface area contributed by atoms with Crippen LogP contribution < -0.4 is 9.47 Å². The lowest BCUT2D eigenvalue weighted by molar-refractivity contribution is 0.0580. The number of benzene rings is 3. The zero-order chi connectivity index (χ0) is 47.4. The van der Waals surface area contributed by atoms with E-state index in [0.717, 1.165) is 59.4 Å². The van der Waals surface area contributed by atoms with Crippen LogP contribution >= 0.6 is 0 Å². The van der Waals surface area contributed by atoms with Crippen LogP contribution in [0.2, 0.25) is 0 Å². The van der Waals surface area contributed by atoms with Crippen LogP contribution in [0, 0.1) is 0 Å². The second-order valence-corrected chi connectivity index (χ2v) is 22.0. The summed E-state index contributed by atoms with van der Waals surface area (Å²) in [6, 6.07) is 12.3. The Morgan fingerprint density at radius 3 is 1.32 bits per heavy atom. The molecule has 63 heavy (non-hydrogen) atoms. The third-order valence-electron chi connectivity index (χ3n) is 12.3. The largest absolute Gasteiger partial charge is 0.507 e. The molecule has 3 aromatic carbocycles.